The van der Waals surface area contributed by atoms with E-state index >= 15 is 0 Å². The Kier molecular flexibility index (Phi) is 3.04. The second-order valence-electron chi connectivity index (χ2n) is 3.70. The Bertz CT molecular complexity index is 479. The molecule has 0 saturated heterocycles. The monoisotopic (exact) mass is 232 g/mol. The molecule has 0 aliphatic carbocycles. The molecule has 2 rings (SSSR count). The lowest BCUT2D eigenvalue weighted by Crippen LogP contribution is -2.19. The summed E-state index contributed by atoms with van der Waals surface area (Å²) in [5.74, 6) is 0.454. The van der Waals surface area contributed by atoms with Crippen LogP contribution in [-0.2, 0) is 6.54 Å². The van der Waals surface area contributed by atoms with Gasteiger partial charge in [0.2, 0.25) is 0 Å². The molecule has 2 heterocycles. The number of nitrogens with one attached hydrogen (secondary N) is 1. The van der Waals surface area contributed by atoms with Gasteiger partial charge in [-0.1, -0.05) is 6.07 Å². The first kappa shape index (κ1) is 11.1. The lowest BCUT2D eigenvalue weighted by atomic mass is 10.2. The Morgan fingerprint density at radius 2 is 2.41 bits per heavy atom. The van der Waals surface area contributed by atoms with E-state index in [0.717, 1.165) is 17.5 Å². The molecule has 1 aromatic rings. The number of aromatic nitrogens is 1. The third kappa shape index (κ3) is 2.81. The van der Waals surface area contributed by atoms with Crippen LogP contribution >= 0.6 is 0 Å². The highest BCUT2D eigenvalue weighted by Crippen LogP contribution is 2.13. The second kappa shape index (κ2) is 4.65. The molecule has 0 unspecified atom stereocenters. The van der Waals surface area contributed by atoms with Gasteiger partial charge in [-0.3, -0.25) is 15.1 Å². The average Bonchev–Trinajstić information content (AvgIpc) is 2.68. The van der Waals surface area contributed by atoms with Gasteiger partial charge in [0.1, 0.15) is 0 Å². The van der Waals surface area contributed by atoms with Crippen LogP contribution in [-0.4, -0.2) is 14.8 Å². The molecule has 0 aromatic carbocycles. The zero-order valence-corrected chi connectivity index (χ0v) is 9.33. The normalized spacial score (nSPS) is 16.3. The summed E-state index contributed by atoms with van der Waals surface area (Å²) in [7, 11) is 0. The van der Waals surface area contributed by atoms with E-state index in [9.17, 15) is 10.1 Å². The molecule has 0 amide bonds. The molecule has 1 N–H and O–H groups in total. The largest absolute Gasteiger partial charge is 0.341 e. The van der Waals surface area contributed by atoms with Crippen molar-refractivity contribution < 1.29 is 4.92 Å². The Hall–Kier alpha value is -2.37. The van der Waals surface area contributed by atoms with Gasteiger partial charge in [0.05, 0.1) is 11.5 Å². The maximum Gasteiger partial charge on any atom is 0.274 e. The molecule has 0 radical (unpaired) electrons. The van der Waals surface area contributed by atoms with Crippen LogP contribution in [0.5, 0.6) is 0 Å². The van der Waals surface area contributed by atoms with Gasteiger partial charge in [0, 0.05) is 24.3 Å². The minimum absolute atomic E-state index is 0.454. The highest BCUT2D eigenvalue weighted by Gasteiger charge is 2.15. The number of nitrogens with zero attached hydrogens (tertiary/aromatic N) is 3. The number of pyridine rings is 1. The van der Waals surface area contributed by atoms with Crippen molar-refractivity contribution >= 4 is 0 Å². The van der Waals surface area contributed by atoms with Crippen LogP contribution in [0.15, 0.2) is 42.8 Å². The van der Waals surface area contributed by atoms with Crippen molar-refractivity contribution in [3.05, 3.63) is 64.1 Å². The zero-order chi connectivity index (χ0) is 12.3. The number of rotatable bonds is 3. The molecule has 1 aromatic heterocycles. The topological polar surface area (TPSA) is 71.3 Å². The predicted molar refractivity (Wildman–Crippen MR) is 61.9 cm³/mol. The van der Waals surface area contributed by atoms with Crippen LogP contribution in [0.3, 0.4) is 0 Å². The predicted octanol–water partition coefficient (Wildman–Crippen LogP) is 1.34. The van der Waals surface area contributed by atoms with Crippen LogP contribution < -0.4 is 5.32 Å². The van der Waals surface area contributed by atoms with Gasteiger partial charge in [-0.2, -0.15) is 0 Å². The highest BCUT2D eigenvalue weighted by atomic mass is 16.6. The summed E-state index contributed by atoms with van der Waals surface area (Å²) in [5, 5.41) is 13.2. The van der Waals surface area contributed by atoms with Crippen LogP contribution in [0.1, 0.15) is 11.3 Å². The van der Waals surface area contributed by atoms with Crippen molar-refractivity contribution in [2.45, 2.75) is 13.5 Å². The van der Waals surface area contributed by atoms with Gasteiger partial charge in [-0.05, 0) is 18.6 Å². The molecule has 88 valence electrons. The van der Waals surface area contributed by atoms with E-state index in [0.29, 0.717) is 12.4 Å². The number of hydrogen-bond donors (Lipinski definition) is 1. The molecule has 1 aliphatic rings. The molecule has 6 nitrogen and oxygen atoms in total. The molecule has 0 spiro atoms. The SMILES string of the molecule is Cc1ccc(CN2C=CN/C2=C\[N+](=O)[O-])cn1. The minimum Gasteiger partial charge on any atom is -0.341 e. The summed E-state index contributed by atoms with van der Waals surface area (Å²) in [6.07, 6.45) is 6.14. The van der Waals surface area contributed by atoms with E-state index in [-0.39, 0.29) is 0 Å². The van der Waals surface area contributed by atoms with Crippen LogP contribution in [0, 0.1) is 17.0 Å². The van der Waals surface area contributed by atoms with Crippen molar-refractivity contribution in [1.82, 2.24) is 15.2 Å². The van der Waals surface area contributed by atoms with E-state index in [1.807, 2.05) is 19.1 Å². The maximum absolute atomic E-state index is 10.4. The molecule has 6 heteroatoms. The number of aryl methyl sites for hydroxylation is 1. The minimum atomic E-state index is -0.476. The summed E-state index contributed by atoms with van der Waals surface area (Å²) < 4.78 is 0. The van der Waals surface area contributed by atoms with Crippen molar-refractivity contribution in [3.8, 4) is 0 Å². The van der Waals surface area contributed by atoms with Gasteiger partial charge in [-0.15, -0.1) is 0 Å². The van der Waals surface area contributed by atoms with Gasteiger partial charge < -0.3 is 10.2 Å². The number of nitro groups is 1. The van der Waals surface area contributed by atoms with Gasteiger partial charge >= 0.3 is 0 Å². The standard InChI is InChI=1S/C11H12N4O2/c1-9-2-3-10(6-13-9)7-14-5-4-12-11(14)8-15(16)17/h2-6,8,12H,7H2,1H3/b11-8+. The molecule has 0 saturated carbocycles. The molecule has 1 aliphatic heterocycles. The summed E-state index contributed by atoms with van der Waals surface area (Å²) >= 11 is 0. The smallest absolute Gasteiger partial charge is 0.274 e. The van der Waals surface area contributed by atoms with E-state index in [1.165, 1.54) is 0 Å². The summed E-state index contributed by atoms with van der Waals surface area (Å²) in [6, 6.07) is 3.87. The van der Waals surface area contributed by atoms with Crippen molar-refractivity contribution in [2.24, 2.45) is 0 Å². The summed E-state index contributed by atoms with van der Waals surface area (Å²) in [6.45, 7) is 2.47. The highest BCUT2D eigenvalue weighted by molar-refractivity contribution is 5.17. The fourth-order valence-corrected chi connectivity index (χ4v) is 1.51. The molecule has 0 fully saturated rings. The molecular formula is C11H12N4O2. The van der Waals surface area contributed by atoms with Gasteiger partial charge in [0.25, 0.3) is 6.20 Å². The summed E-state index contributed by atoms with van der Waals surface area (Å²) in [5.41, 5.74) is 1.95. The summed E-state index contributed by atoms with van der Waals surface area (Å²) in [4.78, 5) is 15.9. The Morgan fingerprint density at radius 3 is 3.06 bits per heavy atom. The fourth-order valence-electron chi connectivity index (χ4n) is 1.51. The van der Waals surface area contributed by atoms with Crippen LogP contribution in [0.2, 0.25) is 0 Å². The quantitative estimate of drug-likeness (QED) is 0.629. The first-order valence-electron chi connectivity index (χ1n) is 5.12. The lowest BCUT2D eigenvalue weighted by molar-refractivity contribution is -0.404. The molecule has 17 heavy (non-hydrogen) atoms. The molecule has 0 atom stereocenters. The van der Waals surface area contributed by atoms with Crippen molar-refractivity contribution in [3.63, 3.8) is 0 Å². The third-order valence-electron chi connectivity index (χ3n) is 2.35. The van der Waals surface area contributed by atoms with Gasteiger partial charge in [-0.25, -0.2) is 0 Å². The Labute approximate surface area is 98.4 Å². The molecular weight excluding hydrogens is 220 g/mol. The van der Waals surface area contributed by atoms with Crippen molar-refractivity contribution in [2.75, 3.05) is 0 Å². The van der Waals surface area contributed by atoms with E-state index in [2.05, 4.69) is 10.3 Å². The third-order valence-corrected chi connectivity index (χ3v) is 2.35. The maximum atomic E-state index is 10.4. The van der Waals surface area contributed by atoms with E-state index in [4.69, 9.17) is 0 Å². The van der Waals surface area contributed by atoms with Crippen LogP contribution in [0.4, 0.5) is 0 Å². The first-order valence-corrected chi connectivity index (χ1v) is 5.12. The van der Waals surface area contributed by atoms with E-state index < -0.39 is 4.92 Å². The lowest BCUT2D eigenvalue weighted by Gasteiger charge is -2.15. The number of hydrogen-bond acceptors (Lipinski definition) is 5. The van der Waals surface area contributed by atoms with E-state index in [1.54, 1.807) is 23.5 Å². The Balaban J connectivity index is 2.10. The van der Waals surface area contributed by atoms with Gasteiger partial charge in [0.15, 0.2) is 5.82 Å². The first-order chi connectivity index (χ1) is 8.15. The van der Waals surface area contributed by atoms with Crippen molar-refractivity contribution in [1.29, 1.82) is 0 Å². The average molecular weight is 232 g/mol. The Morgan fingerprint density at radius 1 is 1.59 bits per heavy atom. The second-order valence-corrected chi connectivity index (χ2v) is 3.70. The fraction of sp³-hybridized carbons (Fsp3) is 0.182. The molecule has 0 bridgehead atoms. The zero-order valence-electron chi connectivity index (χ0n) is 9.33. The van der Waals surface area contributed by atoms with Crippen LogP contribution in [0.25, 0.3) is 0 Å².